The summed E-state index contributed by atoms with van der Waals surface area (Å²) in [4.78, 5) is 11.8. The van der Waals surface area contributed by atoms with Crippen LogP contribution >= 0.6 is 11.6 Å². The number of hydrogen-bond acceptors (Lipinski definition) is 3. The summed E-state index contributed by atoms with van der Waals surface area (Å²) >= 11 is 5.89. The van der Waals surface area contributed by atoms with Crippen LogP contribution in [0.15, 0.2) is 47.1 Å². The molecular weight excluding hydrogens is 304 g/mol. The van der Waals surface area contributed by atoms with Gasteiger partial charge in [-0.15, -0.1) is 0 Å². The Morgan fingerprint density at radius 3 is 2.86 bits per heavy atom. The van der Waals surface area contributed by atoms with E-state index in [1.54, 1.807) is 24.3 Å². The van der Waals surface area contributed by atoms with Crippen molar-refractivity contribution in [1.82, 2.24) is 10.6 Å². The molecule has 0 bridgehead atoms. The molecule has 0 aliphatic carbocycles. The Balaban J connectivity index is 1.74. The van der Waals surface area contributed by atoms with E-state index in [9.17, 15) is 9.90 Å². The zero-order chi connectivity index (χ0) is 15.9. The number of amides is 2. The average molecular weight is 323 g/mol. The van der Waals surface area contributed by atoms with Crippen LogP contribution < -0.4 is 10.6 Å². The molecule has 2 rings (SSSR count). The van der Waals surface area contributed by atoms with Gasteiger partial charge in [-0.05, 0) is 36.8 Å². The minimum atomic E-state index is -0.738. The standard InChI is InChI=1S/C16H19ClN2O3/c1-11(8-14(20)15-6-3-7-22-15)19-16(21)18-10-12-4-2-5-13(17)9-12/h2-7,9,11,14,20H,8,10H2,1H3,(H2,18,19,21). The first-order valence-electron chi connectivity index (χ1n) is 7.05. The predicted octanol–water partition coefficient (Wildman–Crippen LogP) is 3.24. The van der Waals surface area contributed by atoms with Crippen LogP contribution in [0.1, 0.15) is 30.8 Å². The molecule has 118 valence electrons. The molecule has 2 amide bonds. The van der Waals surface area contributed by atoms with Gasteiger partial charge in [-0.2, -0.15) is 0 Å². The second kappa shape index (κ2) is 7.87. The number of rotatable bonds is 6. The van der Waals surface area contributed by atoms with Crippen molar-refractivity contribution in [1.29, 1.82) is 0 Å². The van der Waals surface area contributed by atoms with Gasteiger partial charge < -0.3 is 20.2 Å². The van der Waals surface area contributed by atoms with Crippen LogP contribution in [-0.2, 0) is 6.54 Å². The molecule has 1 aromatic heterocycles. The SMILES string of the molecule is CC(CC(O)c1ccco1)NC(=O)NCc1cccc(Cl)c1. The predicted molar refractivity (Wildman–Crippen MR) is 84.6 cm³/mol. The number of aliphatic hydroxyl groups is 1. The highest BCUT2D eigenvalue weighted by molar-refractivity contribution is 6.30. The van der Waals surface area contributed by atoms with Crippen LogP contribution in [0.25, 0.3) is 0 Å². The van der Waals surface area contributed by atoms with Gasteiger partial charge in [0.05, 0.1) is 6.26 Å². The number of nitrogens with one attached hydrogen (secondary N) is 2. The van der Waals surface area contributed by atoms with Gasteiger partial charge in [-0.3, -0.25) is 0 Å². The minimum absolute atomic E-state index is 0.195. The molecule has 0 radical (unpaired) electrons. The highest BCUT2D eigenvalue weighted by Crippen LogP contribution is 2.18. The Labute approximate surface area is 134 Å². The molecule has 6 heteroatoms. The third-order valence-electron chi connectivity index (χ3n) is 3.17. The molecule has 0 fully saturated rings. The van der Waals surface area contributed by atoms with E-state index in [1.807, 2.05) is 19.1 Å². The summed E-state index contributed by atoms with van der Waals surface area (Å²) in [7, 11) is 0. The third-order valence-corrected chi connectivity index (χ3v) is 3.40. The van der Waals surface area contributed by atoms with Crippen LogP contribution in [0.4, 0.5) is 4.79 Å². The van der Waals surface area contributed by atoms with Crippen molar-refractivity contribution >= 4 is 17.6 Å². The third kappa shape index (κ3) is 5.09. The van der Waals surface area contributed by atoms with Gasteiger partial charge in [0.2, 0.25) is 0 Å². The molecule has 1 aromatic carbocycles. The first-order chi connectivity index (χ1) is 10.5. The molecule has 0 aliphatic rings. The highest BCUT2D eigenvalue weighted by Gasteiger charge is 2.16. The zero-order valence-electron chi connectivity index (χ0n) is 12.3. The summed E-state index contributed by atoms with van der Waals surface area (Å²) in [6, 6.07) is 10.2. The zero-order valence-corrected chi connectivity index (χ0v) is 13.0. The van der Waals surface area contributed by atoms with Gasteiger partial charge in [-0.1, -0.05) is 23.7 Å². The fraction of sp³-hybridized carbons (Fsp3) is 0.312. The number of carbonyl (C=O) groups excluding carboxylic acids is 1. The van der Waals surface area contributed by atoms with E-state index in [4.69, 9.17) is 16.0 Å². The summed E-state index contributed by atoms with van der Waals surface area (Å²) in [5.74, 6) is 0.494. The monoisotopic (exact) mass is 322 g/mol. The van der Waals surface area contributed by atoms with Crippen molar-refractivity contribution in [2.75, 3.05) is 0 Å². The Kier molecular flexibility index (Phi) is 5.86. The van der Waals surface area contributed by atoms with Gasteiger partial charge in [0.1, 0.15) is 11.9 Å². The topological polar surface area (TPSA) is 74.5 Å². The average Bonchev–Trinajstić information content (AvgIpc) is 2.99. The first kappa shape index (κ1) is 16.4. The fourth-order valence-corrected chi connectivity index (χ4v) is 2.31. The Morgan fingerprint density at radius 2 is 2.18 bits per heavy atom. The molecule has 2 atom stereocenters. The molecule has 1 heterocycles. The molecule has 0 aliphatic heterocycles. The molecule has 0 saturated carbocycles. The summed E-state index contributed by atoms with van der Waals surface area (Å²) < 4.78 is 5.13. The van der Waals surface area contributed by atoms with E-state index in [-0.39, 0.29) is 12.1 Å². The van der Waals surface area contributed by atoms with E-state index in [1.165, 1.54) is 6.26 Å². The molecule has 22 heavy (non-hydrogen) atoms. The number of aliphatic hydroxyl groups excluding tert-OH is 1. The van der Waals surface area contributed by atoms with E-state index < -0.39 is 6.10 Å². The van der Waals surface area contributed by atoms with Gasteiger partial charge in [0.25, 0.3) is 0 Å². The molecule has 0 spiro atoms. The number of halogens is 1. The van der Waals surface area contributed by atoms with Gasteiger partial charge in [-0.25, -0.2) is 4.79 Å². The number of urea groups is 1. The van der Waals surface area contributed by atoms with Crippen molar-refractivity contribution < 1.29 is 14.3 Å². The lowest BCUT2D eigenvalue weighted by atomic mass is 10.1. The number of hydrogen-bond donors (Lipinski definition) is 3. The van der Waals surface area contributed by atoms with Crippen molar-refractivity contribution in [3.63, 3.8) is 0 Å². The molecule has 3 N–H and O–H groups in total. The van der Waals surface area contributed by atoms with Crippen LogP contribution in [0, 0.1) is 0 Å². The van der Waals surface area contributed by atoms with Crippen LogP contribution in [-0.4, -0.2) is 17.2 Å². The highest BCUT2D eigenvalue weighted by atomic mass is 35.5. The maximum Gasteiger partial charge on any atom is 0.315 e. The quantitative estimate of drug-likeness (QED) is 0.764. The van der Waals surface area contributed by atoms with Crippen molar-refractivity contribution in [2.45, 2.75) is 32.0 Å². The van der Waals surface area contributed by atoms with E-state index in [0.29, 0.717) is 23.7 Å². The van der Waals surface area contributed by atoms with Crippen LogP contribution in [0.5, 0.6) is 0 Å². The maximum atomic E-state index is 11.8. The smallest absolute Gasteiger partial charge is 0.315 e. The van der Waals surface area contributed by atoms with Gasteiger partial charge in [0.15, 0.2) is 0 Å². The van der Waals surface area contributed by atoms with Crippen molar-refractivity contribution in [3.05, 3.63) is 59.0 Å². The van der Waals surface area contributed by atoms with E-state index in [0.717, 1.165) is 5.56 Å². The van der Waals surface area contributed by atoms with E-state index in [2.05, 4.69) is 10.6 Å². The molecule has 5 nitrogen and oxygen atoms in total. The van der Waals surface area contributed by atoms with Gasteiger partial charge in [0, 0.05) is 24.0 Å². The maximum absolute atomic E-state index is 11.8. The Morgan fingerprint density at radius 1 is 1.36 bits per heavy atom. The molecular formula is C16H19ClN2O3. The summed E-state index contributed by atoms with van der Waals surface area (Å²) in [6.45, 7) is 2.21. The van der Waals surface area contributed by atoms with Crippen molar-refractivity contribution in [3.8, 4) is 0 Å². The first-order valence-corrected chi connectivity index (χ1v) is 7.42. The summed E-state index contributed by atoms with van der Waals surface area (Å²) in [5, 5.41) is 16.1. The minimum Gasteiger partial charge on any atom is -0.467 e. The Hall–Kier alpha value is -1.98. The normalized spacial score (nSPS) is 13.4. The van der Waals surface area contributed by atoms with Gasteiger partial charge >= 0.3 is 6.03 Å². The van der Waals surface area contributed by atoms with E-state index >= 15 is 0 Å². The van der Waals surface area contributed by atoms with Crippen LogP contribution in [0.2, 0.25) is 5.02 Å². The lowest BCUT2D eigenvalue weighted by Crippen LogP contribution is -2.41. The summed E-state index contributed by atoms with van der Waals surface area (Å²) in [5.41, 5.74) is 0.922. The number of furan rings is 1. The second-order valence-electron chi connectivity index (χ2n) is 5.12. The summed E-state index contributed by atoms with van der Waals surface area (Å²) in [6.07, 6.45) is 1.14. The Bertz CT molecular complexity index is 601. The number of carbonyl (C=O) groups is 1. The number of benzene rings is 1. The fourth-order valence-electron chi connectivity index (χ4n) is 2.09. The second-order valence-corrected chi connectivity index (χ2v) is 5.56. The largest absolute Gasteiger partial charge is 0.467 e. The van der Waals surface area contributed by atoms with Crippen molar-refractivity contribution in [2.24, 2.45) is 0 Å². The molecule has 0 saturated heterocycles. The lowest BCUT2D eigenvalue weighted by molar-refractivity contribution is 0.129. The molecule has 2 aromatic rings. The lowest BCUT2D eigenvalue weighted by Gasteiger charge is -2.17. The molecule has 2 unspecified atom stereocenters. The van der Waals surface area contributed by atoms with Crippen LogP contribution in [0.3, 0.4) is 0 Å².